The van der Waals surface area contributed by atoms with Crippen molar-refractivity contribution in [2.24, 2.45) is 0 Å². The van der Waals surface area contributed by atoms with Crippen molar-refractivity contribution < 1.29 is 9.64 Å². The van der Waals surface area contributed by atoms with Crippen molar-refractivity contribution in [1.82, 2.24) is 10.2 Å². The minimum Gasteiger partial charge on any atom is -0.374 e. The van der Waals surface area contributed by atoms with Crippen molar-refractivity contribution in [3.05, 3.63) is 34.9 Å². The van der Waals surface area contributed by atoms with Gasteiger partial charge in [0.15, 0.2) is 4.34 Å². The van der Waals surface area contributed by atoms with Gasteiger partial charge in [0.2, 0.25) is 5.13 Å². The van der Waals surface area contributed by atoms with Crippen LogP contribution in [-0.2, 0) is 11.3 Å². The molecule has 5 nitrogen and oxygen atoms in total. The minimum atomic E-state index is 0.223. The van der Waals surface area contributed by atoms with E-state index >= 15 is 0 Å². The lowest BCUT2D eigenvalue weighted by Crippen LogP contribution is -3.13. The van der Waals surface area contributed by atoms with E-state index in [-0.39, 0.29) is 6.10 Å². The van der Waals surface area contributed by atoms with Crippen LogP contribution in [0.2, 0.25) is 5.02 Å². The van der Waals surface area contributed by atoms with Crippen molar-refractivity contribution in [3.8, 4) is 0 Å². The van der Waals surface area contributed by atoms with E-state index in [1.807, 2.05) is 18.2 Å². The van der Waals surface area contributed by atoms with Crippen LogP contribution in [0.25, 0.3) is 0 Å². The highest BCUT2D eigenvalue weighted by Gasteiger charge is 2.24. The predicted molar refractivity (Wildman–Crippen MR) is 90.6 cm³/mol. The molecule has 0 amide bonds. The maximum absolute atomic E-state index is 6.25. The first-order chi connectivity index (χ1) is 10.7. The Morgan fingerprint density at radius 1 is 1.41 bits per heavy atom. The number of nitrogens with zero attached hydrogens (tertiary/aromatic N) is 2. The van der Waals surface area contributed by atoms with Gasteiger partial charge >= 0.3 is 0 Å². The zero-order chi connectivity index (χ0) is 15.4. The topological polar surface area (TPSA) is 65.5 Å². The van der Waals surface area contributed by atoms with E-state index in [0.29, 0.717) is 5.13 Å². The van der Waals surface area contributed by atoms with Crippen molar-refractivity contribution >= 4 is 39.8 Å². The summed E-state index contributed by atoms with van der Waals surface area (Å²) in [4.78, 5) is 1.50. The maximum atomic E-state index is 6.25. The van der Waals surface area contributed by atoms with E-state index in [1.54, 1.807) is 11.8 Å². The first-order valence-electron chi connectivity index (χ1n) is 7.11. The number of morpholine rings is 1. The fourth-order valence-corrected chi connectivity index (χ4v) is 4.36. The number of rotatable bonds is 5. The lowest BCUT2D eigenvalue weighted by atomic mass is 10.2. The van der Waals surface area contributed by atoms with E-state index < -0.39 is 0 Å². The predicted octanol–water partition coefficient (Wildman–Crippen LogP) is 1.35. The van der Waals surface area contributed by atoms with E-state index in [9.17, 15) is 0 Å². The van der Waals surface area contributed by atoms with Crippen LogP contribution >= 0.6 is 34.7 Å². The van der Waals surface area contributed by atoms with Gasteiger partial charge in [-0.15, -0.1) is 10.2 Å². The number of nitrogen functional groups attached to an aromatic ring is 1. The number of nitrogens with one attached hydrogen (secondary N) is 1. The summed E-state index contributed by atoms with van der Waals surface area (Å²) in [6.07, 6.45) is 0.223. The standard InChI is InChI=1S/C14H17ClN4OS2/c15-12-4-2-1-3-10(12)7-19-5-6-20-11(8-19)9-21-14-18-17-13(16)22-14/h1-4,11H,5-9H2,(H2,16,17)/p+1/t11-/m1/s1. The van der Waals surface area contributed by atoms with Gasteiger partial charge < -0.3 is 15.4 Å². The number of hydrogen-bond acceptors (Lipinski definition) is 6. The van der Waals surface area contributed by atoms with Crippen LogP contribution in [0.1, 0.15) is 5.56 Å². The van der Waals surface area contributed by atoms with Gasteiger partial charge in [0.05, 0.1) is 6.61 Å². The normalized spacial score (nSPS) is 21.9. The summed E-state index contributed by atoms with van der Waals surface area (Å²) in [7, 11) is 0. The summed E-state index contributed by atoms with van der Waals surface area (Å²) < 4.78 is 6.76. The Kier molecular flexibility index (Phi) is 5.54. The Balaban J connectivity index is 1.52. The van der Waals surface area contributed by atoms with Crippen molar-refractivity contribution in [1.29, 1.82) is 0 Å². The lowest BCUT2D eigenvalue weighted by molar-refractivity contribution is -0.924. The van der Waals surface area contributed by atoms with Gasteiger partial charge in [0, 0.05) is 16.3 Å². The van der Waals surface area contributed by atoms with E-state index in [4.69, 9.17) is 22.1 Å². The molecule has 22 heavy (non-hydrogen) atoms. The molecule has 1 fully saturated rings. The highest BCUT2D eigenvalue weighted by Crippen LogP contribution is 2.24. The van der Waals surface area contributed by atoms with Crippen LogP contribution in [0.4, 0.5) is 5.13 Å². The molecule has 2 atom stereocenters. The van der Waals surface area contributed by atoms with E-state index in [1.165, 1.54) is 21.8 Å². The van der Waals surface area contributed by atoms with Gasteiger partial charge in [-0.3, -0.25) is 0 Å². The number of halogens is 1. The number of ether oxygens (including phenoxy) is 1. The van der Waals surface area contributed by atoms with E-state index in [2.05, 4.69) is 16.3 Å². The molecule has 2 aromatic rings. The summed E-state index contributed by atoms with van der Waals surface area (Å²) in [6.45, 7) is 3.71. The van der Waals surface area contributed by atoms with Gasteiger partial charge in [0.25, 0.3) is 0 Å². The molecule has 0 bridgehead atoms. The number of nitrogens with two attached hydrogens (primary N) is 1. The number of thioether (sulfide) groups is 1. The molecule has 2 heterocycles. The number of benzene rings is 1. The van der Waals surface area contributed by atoms with Gasteiger partial charge in [-0.05, 0) is 6.07 Å². The number of quaternary nitrogens is 1. The number of aromatic nitrogens is 2. The maximum Gasteiger partial charge on any atom is 0.203 e. The highest BCUT2D eigenvalue weighted by molar-refractivity contribution is 8.01. The molecule has 3 N–H and O–H groups in total. The van der Waals surface area contributed by atoms with Gasteiger partial charge in [0.1, 0.15) is 25.7 Å². The Hall–Kier alpha value is -0.860. The van der Waals surface area contributed by atoms with Crippen LogP contribution < -0.4 is 10.6 Å². The highest BCUT2D eigenvalue weighted by atomic mass is 35.5. The molecule has 118 valence electrons. The number of hydrogen-bond donors (Lipinski definition) is 2. The van der Waals surface area contributed by atoms with Crippen LogP contribution in [0.3, 0.4) is 0 Å². The summed E-state index contributed by atoms with van der Waals surface area (Å²) in [5.74, 6) is 0.876. The molecule has 0 radical (unpaired) electrons. The fourth-order valence-electron chi connectivity index (χ4n) is 2.47. The van der Waals surface area contributed by atoms with Gasteiger partial charge in [-0.2, -0.15) is 0 Å². The van der Waals surface area contributed by atoms with Crippen LogP contribution in [0.5, 0.6) is 0 Å². The summed E-state index contributed by atoms with van der Waals surface area (Å²) in [6, 6.07) is 8.05. The van der Waals surface area contributed by atoms with Crippen molar-refractivity contribution in [2.45, 2.75) is 17.0 Å². The summed E-state index contributed by atoms with van der Waals surface area (Å²) >= 11 is 9.33. The SMILES string of the molecule is Nc1nnc(SC[C@H]2C[NH+](Cc3ccccc3Cl)CCO2)s1. The Bertz CT molecular complexity index is 624. The zero-order valence-electron chi connectivity index (χ0n) is 12.0. The van der Waals surface area contributed by atoms with Crippen molar-refractivity contribution in [3.63, 3.8) is 0 Å². The fraction of sp³-hybridized carbons (Fsp3) is 0.429. The monoisotopic (exact) mass is 357 g/mol. The molecule has 1 aromatic heterocycles. The third-order valence-electron chi connectivity index (χ3n) is 3.54. The second kappa shape index (κ2) is 7.61. The Morgan fingerprint density at radius 2 is 2.27 bits per heavy atom. The molecule has 0 spiro atoms. The molecule has 1 aliphatic heterocycles. The molecular weight excluding hydrogens is 340 g/mol. The average molecular weight is 358 g/mol. The molecular formula is C14H18ClN4OS2+. The molecule has 8 heteroatoms. The number of anilines is 1. The molecule has 0 aliphatic carbocycles. The summed E-state index contributed by atoms with van der Waals surface area (Å²) in [5, 5.41) is 9.21. The van der Waals surface area contributed by atoms with Crippen LogP contribution in [0, 0.1) is 0 Å². The van der Waals surface area contributed by atoms with Crippen molar-refractivity contribution in [2.75, 3.05) is 31.2 Å². The van der Waals surface area contributed by atoms with Gasteiger partial charge in [-0.25, -0.2) is 0 Å². The second-order valence-corrected chi connectivity index (χ2v) is 7.87. The second-order valence-electron chi connectivity index (χ2n) is 5.18. The largest absolute Gasteiger partial charge is 0.374 e. The zero-order valence-corrected chi connectivity index (χ0v) is 14.4. The smallest absolute Gasteiger partial charge is 0.203 e. The summed E-state index contributed by atoms with van der Waals surface area (Å²) in [5.41, 5.74) is 6.79. The quantitative estimate of drug-likeness (QED) is 0.791. The van der Waals surface area contributed by atoms with Crippen LogP contribution in [-0.4, -0.2) is 41.8 Å². The Labute approximate surface area is 142 Å². The minimum absolute atomic E-state index is 0.223. The first kappa shape index (κ1) is 16.0. The molecule has 3 rings (SSSR count). The first-order valence-corrected chi connectivity index (χ1v) is 9.29. The molecule has 1 unspecified atom stereocenters. The molecule has 1 aliphatic rings. The molecule has 1 aromatic carbocycles. The molecule has 1 saturated heterocycles. The third kappa shape index (κ3) is 4.33. The van der Waals surface area contributed by atoms with Crippen LogP contribution in [0.15, 0.2) is 28.6 Å². The average Bonchev–Trinajstić information content (AvgIpc) is 2.94. The molecule has 0 saturated carbocycles. The third-order valence-corrected chi connectivity index (χ3v) is 5.92. The lowest BCUT2D eigenvalue weighted by Gasteiger charge is -2.30. The Morgan fingerprint density at radius 3 is 3.05 bits per heavy atom. The van der Waals surface area contributed by atoms with E-state index in [0.717, 1.165) is 41.4 Å². The van der Waals surface area contributed by atoms with Gasteiger partial charge in [-0.1, -0.05) is 52.9 Å².